The Morgan fingerprint density at radius 3 is 2.51 bits per heavy atom. The lowest BCUT2D eigenvalue weighted by atomic mass is 10.0. The van der Waals surface area contributed by atoms with Gasteiger partial charge in [-0.2, -0.15) is 0 Å². The standard InChI is InChI=1S/C25H31N7O5/c26-10-2-1-3-18-20(33)7-9-22(34)31-19-11-14(23(27)35)4-5-15(19)13-37-21-8-6-16(30-25(28)29)12-17(21)24(36)32-18/h4-6,8,11-12,18H,1-3,7,9-10,13,26H2,(H2,27,35)(H,31,34)(H,32,36)(H4,28,29,30)/t18-/m0/s1. The molecule has 1 heterocycles. The van der Waals surface area contributed by atoms with Crippen molar-refractivity contribution in [2.45, 2.75) is 44.8 Å². The van der Waals surface area contributed by atoms with Crippen LogP contribution in [0.4, 0.5) is 11.4 Å². The van der Waals surface area contributed by atoms with Gasteiger partial charge in [0.25, 0.3) is 5.91 Å². The van der Waals surface area contributed by atoms with Gasteiger partial charge in [-0.05, 0) is 56.1 Å². The van der Waals surface area contributed by atoms with Gasteiger partial charge in [0, 0.05) is 29.7 Å². The van der Waals surface area contributed by atoms with Crippen molar-refractivity contribution in [3.05, 3.63) is 53.1 Å². The fourth-order valence-corrected chi connectivity index (χ4v) is 3.83. The Morgan fingerprint density at radius 2 is 1.81 bits per heavy atom. The highest BCUT2D eigenvalue weighted by atomic mass is 16.5. The number of guanidine groups is 1. The summed E-state index contributed by atoms with van der Waals surface area (Å²) in [5.41, 5.74) is 23.4. The molecule has 3 amide bonds. The number of carbonyl (C=O) groups is 4. The average molecular weight is 510 g/mol. The van der Waals surface area contributed by atoms with E-state index in [0.29, 0.717) is 42.7 Å². The van der Waals surface area contributed by atoms with E-state index >= 15 is 0 Å². The van der Waals surface area contributed by atoms with Crippen LogP contribution >= 0.6 is 0 Å². The van der Waals surface area contributed by atoms with Crippen molar-refractivity contribution in [2.24, 2.45) is 27.9 Å². The lowest BCUT2D eigenvalue weighted by Gasteiger charge is -2.20. The van der Waals surface area contributed by atoms with Crippen molar-refractivity contribution < 1.29 is 23.9 Å². The quantitative estimate of drug-likeness (QED) is 0.185. The number of aliphatic imine (C=N–C) groups is 1. The van der Waals surface area contributed by atoms with Crippen LogP contribution in [0.5, 0.6) is 5.75 Å². The number of ether oxygens (including phenoxy) is 1. The number of hydrogen-bond donors (Lipinski definition) is 6. The molecule has 2 aromatic rings. The molecule has 0 fully saturated rings. The largest absolute Gasteiger partial charge is 0.488 e. The first-order chi connectivity index (χ1) is 17.7. The first kappa shape index (κ1) is 27.1. The summed E-state index contributed by atoms with van der Waals surface area (Å²) in [4.78, 5) is 54.6. The fraction of sp³-hybridized carbons (Fsp3) is 0.320. The minimum atomic E-state index is -0.830. The predicted molar refractivity (Wildman–Crippen MR) is 138 cm³/mol. The third-order valence-electron chi connectivity index (χ3n) is 5.76. The first-order valence-corrected chi connectivity index (χ1v) is 11.8. The highest BCUT2D eigenvalue weighted by Gasteiger charge is 2.25. The molecule has 0 unspecified atom stereocenters. The Balaban J connectivity index is 2.04. The van der Waals surface area contributed by atoms with Crippen LogP contribution in [-0.4, -0.2) is 42.1 Å². The van der Waals surface area contributed by atoms with E-state index in [1.54, 1.807) is 12.1 Å². The van der Waals surface area contributed by atoms with Crippen molar-refractivity contribution in [3.8, 4) is 5.75 Å². The molecular formula is C25H31N7O5. The van der Waals surface area contributed by atoms with Crippen molar-refractivity contribution >= 4 is 40.8 Å². The number of Topliss-reactive ketones (excluding diaryl/α,β-unsaturated/α-hetero) is 1. The number of primary amides is 1. The lowest BCUT2D eigenvalue weighted by Crippen LogP contribution is -2.41. The van der Waals surface area contributed by atoms with Gasteiger partial charge in [-0.15, -0.1) is 0 Å². The second kappa shape index (κ2) is 12.5. The van der Waals surface area contributed by atoms with Crippen molar-refractivity contribution in [1.29, 1.82) is 0 Å². The highest BCUT2D eigenvalue weighted by Crippen LogP contribution is 2.28. The second-order valence-electron chi connectivity index (χ2n) is 8.57. The number of nitrogens with two attached hydrogens (primary N) is 4. The van der Waals surface area contributed by atoms with E-state index in [4.69, 9.17) is 27.7 Å². The molecule has 3 rings (SSSR count). The zero-order chi connectivity index (χ0) is 26.9. The number of amides is 3. The predicted octanol–water partition coefficient (Wildman–Crippen LogP) is 0.798. The summed E-state index contributed by atoms with van der Waals surface area (Å²) in [6.45, 7) is 0.401. The maximum atomic E-state index is 13.3. The third-order valence-corrected chi connectivity index (χ3v) is 5.76. The summed E-state index contributed by atoms with van der Waals surface area (Å²) in [7, 11) is 0. The van der Waals surface area contributed by atoms with Crippen LogP contribution in [0.2, 0.25) is 0 Å². The number of carbonyl (C=O) groups excluding carboxylic acids is 4. The van der Waals surface area contributed by atoms with E-state index in [1.807, 2.05) is 0 Å². The SMILES string of the molecule is NCCCC[C@@H]1NC(=O)c2cc(N=C(N)N)ccc2OCc2ccc(C(N)=O)cc2NC(=O)CCC1=O. The third kappa shape index (κ3) is 7.51. The molecule has 0 aliphatic carbocycles. The van der Waals surface area contributed by atoms with E-state index in [9.17, 15) is 19.2 Å². The Kier molecular flexibility index (Phi) is 9.16. The summed E-state index contributed by atoms with van der Waals surface area (Å²) >= 11 is 0. The molecule has 0 bridgehead atoms. The van der Waals surface area contributed by atoms with Crippen LogP contribution in [-0.2, 0) is 16.2 Å². The summed E-state index contributed by atoms with van der Waals surface area (Å²) < 4.78 is 5.94. The molecule has 2 aromatic carbocycles. The summed E-state index contributed by atoms with van der Waals surface area (Å²) in [6, 6.07) is 8.26. The Labute approximate surface area is 213 Å². The van der Waals surface area contributed by atoms with Crippen LogP contribution < -0.4 is 38.3 Å². The van der Waals surface area contributed by atoms with Gasteiger partial charge in [-0.3, -0.25) is 19.2 Å². The number of ketones is 1. The van der Waals surface area contributed by atoms with Crippen LogP contribution in [0.1, 0.15) is 58.4 Å². The Hall–Kier alpha value is -4.45. The molecule has 1 aliphatic rings. The van der Waals surface area contributed by atoms with Crippen molar-refractivity contribution in [2.75, 3.05) is 11.9 Å². The minimum absolute atomic E-state index is 0.0462. The van der Waals surface area contributed by atoms with E-state index in [-0.39, 0.29) is 48.1 Å². The van der Waals surface area contributed by atoms with Gasteiger partial charge in [0.2, 0.25) is 11.8 Å². The number of fused-ring (bicyclic) bond motifs is 2. The zero-order valence-corrected chi connectivity index (χ0v) is 20.3. The van der Waals surface area contributed by atoms with E-state index in [1.165, 1.54) is 24.3 Å². The molecular weight excluding hydrogens is 478 g/mol. The number of rotatable bonds is 6. The van der Waals surface area contributed by atoms with Crippen LogP contribution in [0, 0.1) is 0 Å². The Morgan fingerprint density at radius 1 is 1.03 bits per heavy atom. The van der Waals surface area contributed by atoms with Gasteiger partial charge >= 0.3 is 0 Å². The Bertz CT molecular complexity index is 1220. The topological polar surface area (TPSA) is 218 Å². The smallest absolute Gasteiger partial charge is 0.255 e. The number of hydrogen-bond acceptors (Lipinski definition) is 7. The lowest BCUT2D eigenvalue weighted by molar-refractivity contribution is -0.124. The molecule has 0 saturated carbocycles. The minimum Gasteiger partial charge on any atom is -0.488 e. The number of anilines is 1. The normalized spacial score (nSPS) is 16.2. The van der Waals surface area contributed by atoms with Crippen LogP contribution in [0.15, 0.2) is 41.4 Å². The van der Waals surface area contributed by atoms with Gasteiger partial charge < -0.3 is 38.3 Å². The molecule has 10 N–H and O–H groups in total. The molecule has 1 atom stereocenters. The number of nitrogens with zero attached hydrogens (tertiary/aromatic N) is 1. The monoisotopic (exact) mass is 509 g/mol. The molecule has 37 heavy (non-hydrogen) atoms. The molecule has 0 spiro atoms. The van der Waals surface area contributed by atoms with E-state index in [0.717, 1.165) is 0 Å². The molecule has 12 nitrogen and oxygen atoms in total. The first-order valence-electron chi connectivity index (χ1n) is 11.8. The fourth-order valence-electron chi connectivity index (χ4n) is 3.83. The molecule has 12 heteroatoms. The molecule has 0 saturated heterocycles. The van der Waals surface area contributed by atoms with Gasteiger partial charge in [-0.1, -0.05) is 6.07 Å². The van der Waals surface area contributed by atoms with Gasteiger partial charge in [0.15, 0.2) is 11.7 Å². The molecule has 0 aromatic heterocycles. The second-order valence-corrected chi connectivity index (χ2v) is 8.57. The summed E-state index contributed by atoms with van der Waals surface area (Å²) in [5.74, 6) is -1.93. The molecule has 1 aliphatic heterocycles. The number of nitrogens with one attached hydrogen (secondary N) is 2. The molecule has 0 radical (unpaired) electrons. The van der Waals surface area contributed by atoms with Crippen LogP contribution in [0.3, 0.4) is 0 Å². The van der Waals surface area contributed by atoms with E-state index < -0.39 is 23.8 Å². The molecule has 196 valence electrons. The van der Waals surface area contributed by atoms with Crippen LogP contribution in [0.25, 0.3) is 0 Å². The summed E-state index contributed by atoms with van der Waals surface area (Å²) in [6.07, 6.45) is 1.43. The average Bonchev–Trinajstić information content (AvgIpc) is 2.85. The van der Waals surface area contributed by atoms with Crippen molar-refractivity contribution in [3.63, 3.8) is 0 Å². The van der Waals surface area contributed by atoms with Gasteiger partial charge in [0.1, 0.15) is 12.4 Å². The van der Waals surface area contributed by atoms with Gasteiger partial charge in [0.05, 0.1) is 17.3 Å². The number of benzene rings is 2. The zero-order valence-electron chi connectivity index (χ0n) is 20.3. The highest BCUT2D eigenvalue weighted by molar-refractivity contribution is 6.02. The van der Waals surface area contributed by atoms with E-state index in [2.05, 4.69) is 15.6 Å². The maximum Gasteiger partial charge on any atom is 0.255 e. The maximum absolute atomic E-state index is 13.3. The van der Waals surface area contributed by atoms with Gasteiger partial charge in [-0.25, -0.2) is 4.99 Å². The summed E-state index contributed by atoms with van der Waals surface area (Å²) in [5, 5.41) is 5.50. The number of unbranched alkanes of at least 4 members (excludes halogenated alkanes) is 1. The van der Waals surface area contributed by atoms with Crippen molar-refractivity contribution in [1.82, 2.24) is 5.32 Å².